The summed E-state index contributed by atoms with van der Waals surface area (Å²) in [6.45, 7) is 3.95. The van der Waals surface area contributed by atoms with Crippen LogP contribution >= 0.6 is 0 Å². The van der Waals surface area contributed by atoms with E-state index in [1.54, 1.807) is 28.6 Å². The van der Waals surface area contributed by atoms with Crippen LogP contribution in [0.4, 0.5) is 5.69 Å². The Kier molecular flexibility index (Phi) is 5.56. The third-order valence-electron chi connectivity index (χ3n) is 5.81. The number of phenolic OH excluding ortho intramolecular Hbond substituents is 1. The number of anilines is 1. The molecule has 1 unspecified atom stereocenters. The number of hydrogen-bond acceptors (Lipinski definition) is 3. The van der Waals surface area contributed by atoms with Crippen LogP contribution in [0.5, 0.6) is 5.75 Å². The number of phenols is 1. The van der Waals surface area contributed by atoms with Crippen LogP contribution in [0.15, 0.2) is 71.6 Å². The summed E-state index contributed by atoms with van der Waals surface area (Å²) in [7, 11) is -3.69. The average Bonchev–Trinajstić information content (AvgIpc) is 2.72. The molecule has 0 bridgehead atoms. The molecule has 156 valence electrons. The van der Waals surface area contributed by atoms with E-state index in [9.17, 15) is 13.5 Å². The van der Waals surface area contributed by atoms with Crippen LogP contribution in [0, 0.1) is 13.8 Å². The number of aromatic hydroxyl groups is 1. The second-order valence-corrected chi connectivity index (χ2v) is 9.96. The van der Waals surface area contributed by atoms with Crippen molar-refractivity contribution in [2.24, 2.45) is 0 Å². The zero-order valence-corrected chi connectivity index (χ0v) is 18.2. The molecule has 0 saturated heterocycles. The molecule has 0 aromatic heterocycles. The molecule has 0 aliphatic carbocycles. The van der Waals surface area contributed by atoms with Gasteiger partial charge in [0.1, 0.15) is 5.75 Å². The predicted molar refractivity (Wildman–Crippen MR) is 121 cm³/mol. The van der Waals surface area contributed by atoms with Crippen LogP contribution in [0.1, 0.15) is 35.1 Å². The van der Waals surface area contributed by atoms with Crippen LogP contribution in [-0.4, -0.2) is 19.6 Å². The Morgan fingerprint density at radius 2 is 1.70 bits per heavy atom. The number of nitrogens with zero attached hydrogens (tertiary/aromatic N) is 1. The molecule has 1 aliphatic rings. The van der Waals surface area contributed by atoms with Crippen LogP contribution < -0.4 is 4.31 Å². The van der Waals surface area contributed by atoms with Gasteiger partial charge in [0.05, 0.1) is 10.6 Å². The van der Waals surface area contributed by atoms with E-state index in [4.69, 9.17) is 0 Å². The summed E-state index contributed by atoms with van der Waals surface area (Å²) in [6, 6.07) is 20.2. The first-order chi connectivity index (χ1) is 14.3. The Bertz CT molecular complexity index is 1150. The summed E-state index contributed by atoms with van der Waals surface area (Å²) in [5.74, 6) is 0.237. The van der Waals surface area contributed by atoms with Gasteiger partial charge in [-0.05, 0) is 86.6 Å². The Labute approximate surface area is 178 Å². The van der Waals surface area contributed by atoms with Crippen LogP contribution in [0.2, 0.25) is 0 Å². The third-order valence-corrected chi connectivity index (χ3v) is 7.69. The summed E-state index contributed by atoms with van der Waals surface area (Å²) in [4.78, 5) is 0.324. The van der Waals surface area contributed by atoms with Crippen molar-refractivity contribution in [2.75, 3.05) is 4.31 Å². The van der Waals surface area contributed by atoms with Gasteiger partial charge >= 0.3 is 0 Å². The number of hydrogen-bond donors (Lipinski definition) is 1. The number of benzene rings is 3. The van der Waals surface area contributed by atoms with Crippen molar-refractivity contribution in [2.45, 2.75) is 50.5 Å². The fourth-order valence-electron chi connectivity index (χ4n) is 4.18. The number of fused-ring (bicyclic) bond motifs is 1. The highest BCUT2D eigenvalue weighted by atomic mass is 32.2. The minimum absolute atomic E-state index is 0.132. The molecule has 5 heteroatoms. The molecule has 4 nitrogen and oxygen atoms in total. The molecule has 3 aromatic rings. The van der Waals surface area contributed by atoms with Gasteiger partial charge in [-0.25, -0.2) is 8.42 Å². The molecule has 4 rings (SSSR count). The molecule has 0 amide bonds. The highest BCUT2D eigenvalue weighted by Gasteiger charge is 2.35. The minimum Gasteiger partial charge on any atom is -0.508 e. The van der Waals surface area contributed by atoms with E-state index in [1.165, 1.54) is 0 Å². The SMILES string of the molecule is Cc1ccc(S(=O)(=O)N2c3cc(C)ccc3CCC2CCc2cccc(O)c2)cc1. The maximum atomic E-state index is 13.7. The zero-order valence-electron chi connectivity index (χ0n) is 17.4. The lowest BCUT2D eigenvalue weighted by Gasteiger charge is -2.38. The molecule has 0 spiro atoms. The van der Waals surface area contributed by atoms with E-state index in [0.717, 1.165) is 40.8 Å². The molecule has 30 heavy (non-hydrogen) atoms. The lowest BCUT2D eigenvalue weighted by Crippen LogP contribution is -2.44. The van der Waals surface area contributed by atoms with Crippen LogP contribution in [-0.2, 0) is 22.9 Å². The number of sulfonamides is 1. The Morgan fingerprint density at radius 3 is 2.43 bits per heavy atom. The molecule has 0 radical (unpaired) electrons. The molecule has 0 saturated carbocycles. The van der Waals surface area contributed by atoms with Gasteiger partial charge in [0.25, 0.3) is 10.0 Å². The van der Waals surface area contributed by atoms with Crippen molar-refractivity contribution in [3.05, 3.63) is 89.0 Å². The van der Waals surface area contributed by atoms with E-state index in [2.05, 4.69) is 0 Å². The van der Waals surface area contributed by atoms with Crippen molar-refractivity contribution in [3.63, 3.8) is 0 Å². The number of aryl methyl sites for hydroxylation is 4. The summed E-state index contributed by atoms with van der Waals surface area (Å²) in [5, 5.41) is 9.76. The highest BCUT2D eigenvalue weighted by Crippen LogP contribution is 2.37. The Morgan fingerprint density at radius 1 is 0.967 bits per heavy atom. The Balaban J connectivity index is 1.72. The normalized spacial score (nSPS) is 16.3. The first-order valence-electron chi connectivity index (χ1n) is 10.3. The van der Waals surface area contributed by atoms with Gasteiger partial charge in [-0.3, -0.25) is 4.31 Å². The monoisotopic (exact) mass is 421 g/mol. The molecule has 3 aromatic carbocycles. The summed E-state index contributed by atoms with van der Waals surface area (Å²) in [5.41, 5.74) is 4.96. The zero-order chi connectivity index (χ0) is 21.3. The molecule has 1 N–H and O–H groups in total. The third kappa shape index (κ3) is 4.08. The van der Waals surface area contributed by atoms with Gasteiger partial charge in [-0.15, -0.1) is 0 Å². The largest absolute Gasteiger partial charge is 0.508 e. The van der Waals surface area contributed by atoms with Gasteiger partial charge in [0.2, 0.25) is 0 Å². The topological polar surface area (TPSA) is 57.6 Å². The molecular weight excluding hydrogens is 394 g/mol. The predicted octanol–water partition coefficient (Wildman–Crippen LogP) is 5.15. The fourth-order valence-corrected chi connectivity index (χ4v) is 5.92. The minimum atomic E-state index is -3.69. The highest BCUT2D eigenvalue weighted by molar-refractivity contribution is 7.92. The van der Waals surface area contributed by atoms with Crippen molar-refractivity contribution >= 4 is 15.7 Å². The first kappa shape index (κ1) is 20.5. The van der Waals surface area contributed by atoms with Gasteiger partial charge in [0.15, 0.2) is 0 Å². The first-order valence-corrected chi connectivity index (χ1v) is 11.8. The van der Waals surface area contributed by atoms with Crippen molar-refractivity contribution < 1.29 is 13.5 Å². The van der Waals surface area contributed by atoms with Crippen molar-refractivity contribution in [1.82, 2.24) is 0 Å². The summed E-state index contributed by atoms with van der Waals surface area (Å²) < 4.78 is 29.1. The molecular formula is C25H27NO3S. The Hall–Kier alpha value is -2.79. The van der Waals surface area contributed by atoms with Crippen LogP contribution in [0.25, 0.3) is 0 Å². The fraction of sp³-hybridized carbons (Fsp3) is 0.280. The van der Waals surface area contributed by atoms with Crippen molar-refractivity contribution in [1.29, 1.82) is 0 Å². The lowest BCUT2D eigenvalue weighted by atomic mass is 9.93. The smallest absolute Gasteiger partial charge is 0.264 e. The van der Waals surface area contributed by atoms with Crippen molar-refractivity contribution in [3.8, 4) is 5.75 Å². The maximum Gasteiger partial charge on any atom is 0.264 e. The van der Waals surface area contributed by atoms with Gasteiger partial charge < -0.3 is 5.11 Å². The lowest BCUT2D eigenvalue weighted by molar-refractivity contribution is 0.473. The maximum absolute atomic E-state index is 13.7. The quantitative estimate of drug-likeness (QED) is 0.620. The number of rotatable bonds is 5. The van der Waals surface area contributed by atoms with E-state index in [0.29, 0.717) is 17.7 Å². The van der Waals surface area contributed by atoms with Crippen LogP contribution in [0.3, 0.4) is 0 Å². The second-order valence-electron chi connectivity index (χ2n) is 8.15. The van der Waals surface area contributed by atoms with Gasteiger partial charge in [0, 0.05) is 6.04 Å². The molecule has 0 fully saturated rings. The van der Waals surface area contributed by atoms with Gasteiger partial charge in [-0.2, -0.15) is 0 Å². The van der Waals surface area contributed by atoms with E-state index in [-0.39, 0.29) is 11.8 Å². The second kappa shape index (κ2) is 8.15. The molecule has 1 aliphatic heterocycles. The summed E-state index contributed by atoms with van der Waals surface area (Å²) in [6.07, 6.45) is 3.04. The standard InChI is InChI=1S/C25H27NO3S/c1-18-7-14-24(15-8-18)30(28,29)26-22(12-9-20-4-3-5-23(27)17-20)13-11-21-10-6-19(2)16-25(21)26/h3-8,10,14-17,22,27H,9,11-13H2,1-2H3. The summed E-state index contributed by atoms with van der Waals surface area (Å²) >= 11 is 0. The molecule has 1 heterocycles. The molecule has 1 atom stereocenters. The average molecular weight is 422 g/mol. The van der Waals surface area contributed by atoms with E-state index in [1.807, 2.05) is 56.3 Å². The van der Waals surface area contributed by atoms with E-state index < -0.39 is 10.0 Å². The van der Waals surface area contributed by atoms with Gasteiger partial charge in [-0.1, -0.05) is 42.0 Å². The van der Waals surface area contributed by atoms with E-state index >= 15 is 0 Å².